The topological polar surface area (TPSA) is 20.2 Å². The fraction of sp³-hybridized carbons (Fsp3) is 1.00. The highest BCUT2D eigenvalue weighted by Crippen LogP contribution is 2.21. The molecule has 0 bridgehead atoms. The van der Waals surface area contributed by atoms with Crippen molar-refractivity contribution in [2.45, 2.75) is 71.1 Å². The van der Waals surface area contributed by atoms with E-state index in [0.29, 0.717) is 6.61 Å². The van der Waals surface area contributed by atoms with Gasteiger partial charge in [-0.05, 0) is 44.9 Å². The van der Waals surface area contributed by atoms with Crippen LogP contribution in [0.2, 0.25) is 0 Å². The number of hydrogen-bond donors (Lipinski definition) is 1. The molecule has 0 aromatic heterocycles. The summed E-state index contributed by atoms with van der Waals surface area (Å²) in [5, 5.41) is 8.73. The van der Waals surface area contributed by atoms with Crippen LogP contribution in [0, 0.1) is 0 Å². The van der Waals surface area contributed by atoms with Crippen molar-refractivity contribution in [3.63, 3.8) is 0 Å². The smallest absolute Gasteiger partial charge is 0.0786 e. The second-order valence-electron chi connectivity index (χ2n) is 6.14. The van der Waals surface area contributed by atoms with Crippen molar-refractivity contribution in [3.05, 3.63) is 0 Å². The zero-order valence-electron chi connectivity index (χ0n) is 12.9. The van der Waals surface area contributed by atoms with E-state index in [1.54, 1.807) is 0 Å². The summed E-state index contributed by atoms with van der Waals surface area (Å²) in [6.45, 7) is 8.43. The molecule has 3 heteroatoms. The van der Waals surface area contributed by atoms with Crippen LogP contribution in [0.1, 0.15) is 71.1 Å². The predicted molar refractivity (Wildman–Crippen MR) is 78.7 cm³/mol. The second kappa shape index (κ2) is 12.4. The maximum Gasteiger partial charge on any atom is 0.0786 e. The molecule has 1 fully saturated rings. The highest BCUT2D eigenvalue weighted by molar-refractivity contribution is 4.55. The fourth-order valence-electron chi connectivity index (χ4n) is 3.48. The van der Waals surface area contributed by atoms with E-state index >= 15 is 0 Å². The number of piperidine rings is 1. The van der Waals surface area contributed by atoms with Gasteiger partial charge < -0.3 is 33.6 Å². The highest BCUT2D eigenvalue weighted by atomic mass is 127. The largest absolute Gasteiger partial charge is 1.00 e. The van der Waals surface area contributed by atoms with E-state index in [0.717, 1.165) is 6.42 Å². The van der Waals surface area contributed by atoms with Crippen molar-refractivity contribution in [1.82, 2.24) is 0 Å². The molecule has 2 nitrogen and oxygen atoms in total. The van der Waals surface area contributed by atoms with Gasteiger partial charge in [0.25, 0.3) is 0 Å². The number of nitrogens with zero attached hydrogens (tertiary/aromatic N) is 1. The molecule has 19 heavy (non-hydrogen) atoms. The van der Waals surface area contributed by atoms with E-state index in [1.165, 1.54) is 88.4 Å². The number of unbranched alkanes of at least 4 members (excludes halogenated alkanes) is 5. The third kappa shape index (κ3) is 8.51. The Balaban J connectivity index is 0.00000324. The van der Waals surface area contributed by atoms with Gasteiger partial charge in [-0.25, -0.2) is 0 Å². The number of halogens is 1. The summed E-state index contributed by atoms with van der Waals surface area (Å²) in [7, 11) is 0. The Kier molecular flexibility index (Phi) is 12.8. The van der Waals surface area contributed by atoms with Crippen LogP contribution in [-0.4, -0.2) is 42.4 Å². The quantitative estimate of drug-likeness (QED) is 0.335. The Hall–Kier alpha value is 0.650. The minimum absolute atomic E-state index is 0. The zero-order valence-corrected chi connectivity index (χ0v) is 15.0. The van der Waals surface area contributed by atoms with Crippen molar-refractivity contribution in [2.75, 3.05) is 32.8 Å². The molecule has 0 aliphatic carbocycles. The van der Waals surface area contributed by atoms with Crippen LogP contribution >= 0.6 is 0 Å². The first-order valence-electron chi connectivity index (χ1n) is 8.29. The van der Waals surface area contributed by atoms with Crippen LogP contribution in [0.15, 0.2) is 0 Å². The number of rotatable bonds is 10. The zero-order chi connectivity index (χ0) is 13.1. The van der Waals surface area contributed by atoms with Gasteiger partial charge in [0.1, 0.15) is 0 Å². The van der Waals surface area contributed by atoms with E-state index in [9.17, 15) is 0 Å². The van der Waals surface area contributed by atoms with E-state index in [2.05, 4.69) is 6.92 Å². The lowest BCUT2D eigenvalue weighted by atomic mass is 10.0. The van der Waals surface area contributed by atoms with Crippen LogP contribution in [0.4, 0.5) is 0 Å². The Morgan fingerprint density at radius 3 is 1.95 bits per heavy atom. The van der Waals surface area contributed by atoms with Gasteiger partial charge in [-0.1, -0.05) is 26.2 Å². The van der Waals surface area contributed by atoms with Crippen LogP contribution in [0.25, 0.3) is 0 Å². The van der Waals surface area contributed by atoms with E-state index < -0.39 is 0 Å². The molecule has 116 valence electrons. The van der Waals surface area contributed by atoms with E-state index in [4.69, 9.17) is 5.11 Å². The van der Waals surface area contributed by atoms with Crippen molar-refractivity contribution in [3.8, 4) is 0 Å². The second-order valence-corrected chi connectivity index (χ2v) is 6.14. The Labute approximate surface area is 137 Å². The van der Waals surface area contributed by atoms with E-state index in [1.807, 2.05) is 0 Å². The molecule has 1 N–H and O–H groups in total. The summed E-state index contributed by atoms with van der Waals surface area (Å²) in [6.07, 6.45) is 13.4. The molecule has 1 saturated heterocycles. The minimum Gasteiger partial charge on any atom is -1.00 e. The molecule has 0 aromatic rings. The molecule has 0 atom stereocenters. The molecule has 0 spiro atoms. The van der Waals surface area contributed by atoms with Crippen LogP contribution in [0.5, 0.6) is 0 Å². The molecular weight excluding hydrogens is 349 g/mol. The van der Waals surface area contributed by atoms with Crippen molar-refractivity contribution < 1.29 is 33.6 Å². The van der Waals surface area contributed by atoms with Crippen molar-refractivity contribution in [1.29, 1.82) is 0 Å². The predicted octanol–water partition coefficient (Wildman–Crippen LogP) is 0.734. The molecule has 0 unspecified atom stereocenters. The van der Waals surface area contributed by atoms with Gasteiger partial charge >= 0.3 is 0 Å². The van der Waals surface area contributed by atoms with Gasteiger partial charge in [-0.3, -0.25) is 0 Å². The lowest BCUT2D eigenvalue weighted by Crippen LogP contribution is -3.00. The Morgan fingerprint density at radius 1 is 0.789 bits per heavy atom. The molecule has 1 aliphatic rings. The lowest BCUT2D eigenvalue weighted by Gasteiger charge is -2.41. The van der Waals surface area contributed by atoms with Crippen molar-refractivity contribution >= 4 is 0 Å². The van der Waals surface area contributed by atoms with Gasteiger partial charge in [0, 0.05) is 6.61 Å². The maximum absolute atomic E-state index is 8.73. The van der Waals surface area contributed by atoms with Gasteiger partial charge in [-0.15, -0.1) is 0 Å². The molecule has 0 radical (unpaired) electrons. The summed E-state index contributed by atoms with van der Waals surface area (Å²) in [5.41, 5.74) is 0. The fourth-order valence-corrected chi connectivity index (χ4v) is 3.48. The third-order valence-corrected chi connectivity index (χ3v) is 4.50. The van der Waals surface area contributed by atoms with Crippen LogP contribution in [0.3, 0.4) is 0 Å². The summed E-state index contributed by atoms with van der Waals surface area (Å²) >= 11 is 0. The molecule has 0 amide bonds. The Morgan fingerprint density at radius 2 is 1.37 bits per heavy atom. The monoisotopic (exact) mass is 383 g/mol. The first kappa shape index (κ1) is 19.7. The number of hydrogen-bond acceptors (Lipinski definition) is 1. The van der Waals surface area contributed by atoms with Crippen molar-refractivity contribution in [2.24, 2.45) is 0 Å². The van der Waals surface area contributed by atoms with Gasteiger partial charge in [0.2, 0.25) is 0 Å². The summed E-state index contributed by atoms with van der Waals surface area (Å²) < 4.78 is 1.42. The average Bonchev–Trinajstić information content (AvgIpc) is 2.39. The van der Waals surface area contributed by atoms with E-state index in [-0.39, 0.29) is 24.0 Å². The summed E-state index contributed by atoms with van der Waals surface area (Å²) in [6, 6.07) is 0. The molecule has 1 rings (SSSR count). The first-order valence-corrected chi connectivity index (χ1v) is 8.29. The van der Waals surface area contributed by atoms with Gasteiger partial charge in [-0.2, -0.15) is 0 Å². The number of likely N-dealkylation sites (tertiary alicyclic amines) is 1. The molecular formula is C16H34INO. The number of quaternary nitrogens is 1. The molecule has 1 heterocycles. The maximum atomic E-state index is 8.73. The normalized spacial score (nSPS) is 18.0. The number of aliphatic hydroxyl groups excluding tert-OH is 1. The Bertz CT molecular complexity index is 188. The highest BCUT2D eigenvalue weighted by Gasteiger charge is 2.27. The SMILES string of the molecule is CCC[N+]1(CCCCCCCCO)CCCCC1.[I-]. The summed E-state index contributed by atoms with van der Waals surface area (Å²) in [5.74, 6) is 0. The van der Waals surface area contributed by atoms with Gasteiger partial charge in [0.15, 0.2) is 0 Å². The van der Waals surface area contributed by atoms with Gasteiger partial charge in [0.05, 0.1) is 26.2 Å². The average molecular weight is 383 g/mol. The lowest BCUT2D eigenvalue weighted by molar-refractivity contribution is -0.932. The standard InChI is InChI=1S/C16H34NO.HI/c1-2-12-17(14-9-7-10-15-17)13-8-5-3-4-6-11-16-18;/h18H,2-16H2,1H3;1H/q+1;/p-1. The molecule has 0 aromatic carbocycles. The summed E-state index contributed by atoms with van der Waals surface area (Å²) in [4.78, 5) is 0. The minimum atomic E-state index is 0. The molecule has 1 aliphatic heterocycles. The number of aliphatic hydroxyl groups is 1. The third-order valence-electron chi connectivity index (χ3n) is 4.50. The molecule has 0 saturated carbocycles. The first-order chi connectivity index (χ1) is 8.83. The van der Waals surface area contributed by atoms with Crippen LogP contribution in [-0.2, 0) is 0 Å². The van der Waals surface area contributed by atoms with Crippen LogP contribution < -0.4 is 24.0 Å².